The molecule has 2 fully saturated rings. The minimum atomic E-state index is 0.0555. The van der Waals surface area contributed by atoms with Crippen molar-refractivity contribution in [2.45, 2.75) is 31.6 Å². The van der Waals surface area contributed by atoms with Crippen LogP contribution in [0.5, 0.6) is 0 Å². The van der Waals surface area contributed by atoms with Gasteiger partial charge in [0.05, 0.1) is 0 Å². The third kappa shape index (κ3) is 2.98. The van der Waals surface area contributed by atoms with E-state index in [0.717, 1.165) is 38.2 Å². The molecular formula is C17H21N5O2. The van der Waals surface area contributed by atoms with Gasteiger partial charge >= 0.3 is 6.01 Å². The summed E-state index contributed by atoms with van der Waals surface area (Å²) in [5.74, 6) is 1.37. The maximum Gasteiger partial charge on any atom is 0.324 e. The number of hydrogen-bond donors (Lipinski definition) is 0. The number of rotatable bonds is 3. The fraction of sp³-hybridized carbons (Fsp3) is 0.529. The van der Waals surface area contributed by atoms with Crippen LogP contribution in [-0.4, -0.2) is 52.1 Å². The van der Waals surface area contributed by atoms with E-state index in [9.17, 15) is 4.79 Å². The van der Waals surface area contributed by atoms with E-state index in [1.54, 1.807) is 24.5 Å². The Morgan fingerprint density at radius 2 is 1.92 bits per heavy atom. The van der Waals surface area contributed by atoms with Crippen molar-refractivity contribution < 1.29 is 9.32 Å². The van der Waals surface area contributed by atoms with Crippen molar-refractivity contribution in [3.63, 3.8) is 0 Å². The molecule has 3 heterocycles. The highest BCUT2D eigenvalue weighted by Gasteiger charge is 2.27. The largest absolute Gasteiger partial charge is 0.337 e. The van der Waals surface area contributed by atoms with E-state index in [0.29, 0.717) is 30.6 Å². The van der Waals surface area contributed by atoms with Gasteiger partial charge in [-0.05, 0) is 31.4 Å². The molecule has 1 saturated carbocycles. The van der Waals surface area contributed by atoms with E-state index in [2.05, 4.69) is 20.0 Å². The Kier molecular flexibility index (Phi) is 4.15. The summed E-state index contributed by atoms with van der Waals surface area (Å²) in [5.41, 5.74) is 0.684. The molecule has 0 bridgehead atoms. The number of hydrogen-bond acceptors (Lipinski definition) is 6. The molecule has 7 heteroatoms. The molecule has 2 aliphatic rings. The first-order valence-electron chi connectivity index (χ1n) is 8.59. The highest BCUT2D eigenvalue weighted by Crippen LogP contribution is 2.35. The van der Waals surface area contributed by atoms with E-state index >= 15 is 0 Å². The molecule has 2 aromatic heterocycles. The molecule has 0 N–H and O–H groups in total. The minimum absolute atomic E-state index is 0.0555. The van der Waals surface area contributed by atoms with E-state index < -0.39 is 0 Å². The average Bonchev–Trinajstić information content (AvgIpc) is 2.90. The lowest BCUT2D eigenvalue weighted by atomic mass is 9.85. The fourth-order valence-electron chi connectivity index (χ4n) is 3.18. The number of carbonyl (C=O) groups excluding carboxylic acids is 1. The second-order valence-corrected chi connectivity index (χ2v) is 6.43. The van der Waals surface area contributed by atoms with Gasteiger partial charge in [0.25, 0.3) is 5.91 Å². The molecule has 2 aromatic rings. The number of nitrogens with zero attached hydrogens (tertiary/aromatic N) is 5. The first-order chi connectivity index (χ1) is 11.8. The fourth-order valence-corrected chi connectivity index (χ4v) is 3.18. The zero-order valence-corrected chi connectivity index (χ0v) is 13.6. The van der Waals surface area contributed by atoms with Crippen LogP contribution in [0.15, 0.2) is 29.0 Å². The Balaban J connectivity index is 1.40. The molecule has 4 rings (SSSR count). The Bertz CT molecular complexity index is 698. The van der Waals surface area contributed by atoms with Crippen LogP contribution in [0.1, 0.15) is 47.8 Å². The van der Waals surface area contributed by atoms with Crippen LogP contribution in [0.4, 0.5) is 6.01 Å². The number of amides is 1. The van der Waals surface area contributed by atoms with Crippen molar-refractivity contribution in [2.75, 3.05) is 31.1 Å². The molecule has 126 valence electrons. The molecule has 1 aliphatic carbocycles. The lowest BCUT2D eigenvalue weighted by Gasteiger charge is -2.21. The summed E-state index contributed by atoms with van der Waals surface area (Å²) in [6.07, 6.45) is 7.76. The molecule has 7 nitrogen and oxygen atoms in total. The van der Waals surface area contributed by atoms with E-state index in [4.69, 9.17) is 4.52 Å². The quantitative estimate of drug-likeness (QED) is 0.859. The number of pyridine rings is 1. The van der Waals surface area contributed by atoms with Gasteiger partial charge in [0.15, 0.2) is 5.82 Å². The normalized spacial score (nSPS) is 19.0. The Labute approximate surface area is 140 Å². The van der Waals surface area contributed by atoms with Crippen LogP contribution in [-0.2, 0) is 0 Å². The zero-order chi connectivity index (χ0) is 16.4. The SMILES string of the molecule is O=C(c1ccncc1)N1CCCN(c2nc(C3CCC3)no2)CC1. The summed E-state index contributed by atoms with van der Waals surface area (Å²) in [6, 6.07) is 4.11. The van der Waals surface area contributed by atoms with Gasteiger partial charge in [-0.1, -0.05) is 11.6 Å². The molecule has 1 amide bonds. The summed E-state index contributed by atoms with van der Waals surface area (Å²) in [6.45, 7) is 2.93. The van der Waals surface area contributed by atoms with Gasteiger partial charge in [0, 0.05) is 50.1 Å². The molecular weight excluding hydrogens is 306 g/mol. The van der Waals surface area contributed by atoms with E-state index in [-0.39, 0.29) is 5.91 Å². The van der Waals surface area contributed by atoms with Crippen LogP contribution < -0.4 is 4.90 Å². The Morgan fingerprint density at radius 1 is 1.08 bits per heavy atom. The zero-order valence-electron chi connectivity index (χ0n) is 13.6. The molecule has 0 atom stereocenters. The molecule has 0 spiro atoms. The van der Waals surface area contributed by atoms with E-state index in [1.165, 1.54) is 6.42 Å². The molecule has 1 aliphatic heterocycles. The van der Waals surface area contributed by atoms with Crippen molar-refractivity contribution in [1.82, 2.24) is 20.0 Å². The van der Waals surface area contributed by atoms with Crippen molar-refractivity contribution in [2.24, 2.45) is 0 Å². The highest BCUT2D eigenvalue weighted by molar-refractivity contribution is 5.94. The Hall–Kier alpha value is -2.44. The average molecular weight is 327 g/mol. The molecule has 24 heavy (non-hydrogen) atoms. The lowest BCUT2D eigenvalue weighted by molar-refractivity contribution is 0.0766. The lowest BCUT2D eigenvalue weighted by Crippen LogP contribution is -2.35. The number of carbonyl (C=O) groups is 1. The van der Waals surface area contributed by atoms with Crippen molar-refractivity contribution in [3.8, 4) is 0 Å². The van der Waals surface area contributed by atoms with Gasteiger partial charge in [0.1, 0.15) is 0 Å². The third-order valence-corrected chi connectivity index (χ3v) is 4.88. The monoisotopic (exact) mass is 327 g/mol. The second-order valence-electron chi connectivity index (χ2n) is 6.43. The van der Waals surface area contributed by atoms with Gasteiger partial charge < -0.3 is 14.3 Å². The molecule has 1 saturated heterocycles. The minimum Gasteiger partial charge on any atom is -0.337 e. The van der Waals surface area contributed by atoms with Gasteiger partial charge in [-0.15, -0.1) is 0 Å². The van der Waals surface area contributed by atoms with Crippen LogP contribution in [0.2, 0.25) is 0 Å². The van der Waals surface area contributed by atoms with Gasteiger partial charge in [-0.3, -0.25) is 9.78 Å². The van der Waals surface area contributed by atoms with Crippen LogP contribution in [0.3, 0.4) is 0 Å². The Morgan fingerprint density at radius 3 is 2.67 bits per heavy atom. The molecule has 0 unspecified atom stereocenters. The van der Waals surface area contributed by atoms with Crippen molar-refractivity contribution in [3.05, 3.63) is 35.9 Å². The number of anilines is 1. The summed E-state index contributed by atoms with van der Waals surface area (Å²) in [5, 5.41) is 4.13. The smallest absolute Gasteiger partial charge is 0.324 e. The summed E-state index contributed by atoms with van der Waals surface area (Å²) in [7, 11) is 0. The topological polar surface area (TPSA) is 75.4 Å². The number of aromatic nitrogens is 3. The van der Waals surface area contributed by atoms with Crippen LogP contribution in [0, 0.1) is 0 Å². The predicted molar refractivity (Wildman–Crippen MR) is 87.9 cm³/mol. The molecule has 0 radical (unpaired) electrons. The summed E-state index contributed by atoms with van der Waals surface area (Å²) in [4.78, 5) is 25.1. The van der Waals surface area contributed by atoms with Gasteiger partial charge in [0.2, 0.25) is 0 Å². The third-order valence-electron chi connectivity index (χ3n) is 4.88. The predicted octanol–water partition coefficient (Wildman–Crippen LogP) is 2.08. The highest BCUT2D eigenvalue weighted by atomic mass is 16.5. The van der Waals surface area contributed by atoms with Crippen molar-refractivity contribution >= 4 is 11.9 Å². The van der Waals surface area contributed by atoms with Gasteiger partial charge in [-0.2, -0.15) is 4.98 Å². The maximum absolute atomic E-state index is 12.6. The van der Waals surface area contributed by atoms with E-state index in [1.807, 2.05) is 4.90 Å². The summed E-state index contributed by atoms with van der Waals surface area (Å²) < 4.78 is 5.45. The second kappa shape index (κ2) is 6.59. The van der Waals surface area contributed by atoms with Crippen molar-refractivity contribution in [1.29, 1.82) is 0 Å². The first kappa shape index (κ1) is 15.1. The summed E-state index contributed by atoms with van der Waals surface area (Å²) >= 11 is 0. The van der Waals surface area contributed by atoms with Crippen LogP contribution in [0.25, 0.3) is 0 Å². The van der Waals surface area contributed by atoms with Crippen LogP contribution >= 0.6 is 0 Å². The first-order valence-corrected chi connectivity index (χ1v) is 8.59. The molecule has 0 aromatic carbocycles. The standard InChI is InChI=1S/C17H21N5O2/c23-16(14-5-7-18-8-6-14)21-9-2-10-22(12-11-21)17-19-15(20-24-17)13-3-1-4-13/h5-8,13H,1-4,9-12H2. The van der Waals surface area contributed by atoms with Gasteiger partial charge in [-0.25, -0.2) is 0 Å². The maximum atomic E-state index is 12.6.